The molecule has 0 saturated carbocycles. The van der Waals surface area contributed by atoms with Gasteiger partial charge in [0.25, 0.3) is 0 Å². The lowest BCUT2D eigenvalue weighted by Gasteiger charge is -2.07. The number of carbonyl (C=O) groups excluding carboxylic acids is 1. The molecule has 1 unspecified atom stereocenters. The molecule has 0 N–H and O–H groups in total. The van der Waals surface area contributed by atoms with Crippen LogP contribution in [-0.4, -0.2) is 45.8 Å². The third kappa shape index (κ3) is 2.26. The Kier molecular flexibility index (Phi) is 2.97. The van der Waals surface area contributed by atoms with E-state index in [2.05, 4.69) is 10.2 Å². The van der Waals surface area contributed by atoms with Gasteiger partial charge in [0, 0.05) is 25.0 Å². The van der Waals surface area contributed by atoms with E-state index in [-0.39, 0.29) is 17.5 Å². The van der Waals surface area contributed by atoms with Crippen LogP contribution in [0.4, 0.5) is 0 Å². The van der Waals surface area contributed by atoms with Crippen molar-refractivity contribution in [3.8, 4) is 11.3 Å². The second kappa shape index (κ2) is 4.55. The quantitative estimate of drug-likeness (QED) is 0.767. The second-order valence-electron chi connectivity index (χ2n) is 4.99. The van der Waals surface area contributed by atoms with Crippen LogP contribution in [0.2, 0.25) is 0 Å². The topological polar surface area (TPSA) is 86.9 Å². The molecule has 0 aromatic carbocycles. The number of rotatable bonds is 3. The van der Waals surface area contributed by atoms with Gasteiger partial charge in [-0.2, -0.15) is 10.2 Å². The molecule has 0 bridgehead atoms. The summed E-state index contributed by atoms with van der Waals surface area (Å²) < 4.78 is 26.3. The SMILES string of the molecule is Cn1cc(-c2nn(C3CCS(=O)(=O)C3)cc2C=O)cn1. The van der Waals surface area contributed by atoms with E-state index in [0.717, 1.165) is 11.8 Å². The summed E-state index contributed by atoms with van der Waals surface area (Å²) in [6.45, 7) is 0. The molecule has 20 heavy (non-hydrogen) atoms. The van der Waals surface area contributed by atoms with Gasteiger partial charge in [-0.1, -0.05) is 0 Å². The highest BCUT2D eigenvalue weighted by molar-refractivity contribution is 7.91. The van der Waals surface area contributed by atoms with Crippen LogP contribution < -0.4 is 0 Å². The average Bonchev–Trinajstić information content (AvgIpc) is 3.06. The van der Waals surface area contributed by atoms with Crippen LogP contribution in [0, 0.1) is 0 Å². The summed E-state index contributed by atoms with van der Waals surface area (Å²) in [5, 5.41) is 8.43. The molecular formula is C12H14N4O3S. The Morgan fingerprint density at radius 1 is 1.40 bits per heavy atom. The summed E-state index contributed by atoms with van der Waals surface area (Å²) in [6, 6.07) is -0.191. The lowest BCUT2D eigenvalue weighted by Crippen LogP contribution is -2.11. The largest absolute Gasteiger partial charge is 0.298 e. The normalized spacial score (nSPS) is 21.1. The van der Waals surface area contributed by atoms with E-state index in [1.165, 1.54) is 0 Å². The lowest BCUT2D eigenvalue weighted by molar-refractivity contribution is 0.112. The number of aryl methyl sites for hydroxylation is 1. The highest BCUT2D eigenvalue weighted by Crippen LogP contribution is 2.27. The highest BCUT2D eigenvalue weighted by atomic mass is 32.2. The first-order valence-electron chi connectivity index (χ1n) is 6.22. The molecule has 3 rings (SSSR count). The predicted octanol–water partition coefficient (Wildman–Crippen LogP) is 0.456. The van der Waals surface area contributed by atoms with Crippen molar-refractivity contribution in [2.24, 2.45) is 7.05 Å². The van der Waals surface area contributed by atoms with Crippen LogP contribution in [0.5, 0.6) is 0 Å². The Morgan fingerprint density at radius 2 is 2.20 bits per heavy atom. The molecule has 106 valence electrons. The average molecular weight is 294 g/mol. The molecule has 1 saturated heterocycles. The van der Waals surface area contributed by atoms with Crippen LogP contribution in [0.1, 0.15) is 22.8 Å². The third-order valence-electron chi connectivity index (χ3n) is 3.45. The molecule has 1 fully saturated rings. The van der Waals surface area contributed by atoms with Crippen molar-refractivity contribution in [1.29, 1.82) is 0 Å². The van der Waals surface area contributed by atoms with E-state index in [9.17, 15) is 13.2 Å². The maximum Gasteiger partial charge on any atom is 0.153 e. The molecule has 0 radical (unpaired) electrons. The van der Waals surface area contributed by atoms with Gasteiger partial charge in [0.15, 0.2) is 16.1 Å². The number of nitrogens with zero attached hydrogens (tertiary/aromatic N) is 4. The number of aromatic nitrogens is 4. The molecule has 2 aromatic heterocycles. The summed E-state index contributed by atoms with van der Waals surface area (Å²) in [5.74, 6) is 0.260. The fourth-order valence-electron chi connectivity index (χ4n) is 2.43. The predicted molar refractivity (Wildman–Crippen MR) is 72.1 cm³/mol. The summed E-state index contributed by atoms with van der Waals surface area (Å²) in [7, 11) is -1.20. The summed E-state index contributed by atoms with van der Waals surface area (Å²) >= 11 is 0. The molecule has 0 spiro atoms. The van der Waals surface area contributed by atoms with Crippen LogP contribution in [0.15, 0.2) is 18.6 Å². The molecular weight excluding hydrogens is 280 g/mol. The number of hydrogen-bond donors (Lipinski definition) is 0. The Morgan fingerprint density at radius 3 is 2.75 bits per heavy atom. The molecule has 2 aromatic rings. The van der Waals surface area contributed by atoms with E-state index in [1.807, 2.05) is 0 Å². The maximum atomic E-state index is 11.5. The van der Waals surface area contributed by atoms with Gasteiger partial charge in [0.2, 0.25) is 0 Å². The molecule has 1 aliphatic rings. The molecule has 7 nitrogen and oxygen atoms in total. The first-order valence-corrected chi connectivity index (χ1v) is 8.04. The van der Waals surface area contributed by atoms with E-state index in [1.54, 1.807) is 35.0 Å². The van der Waals surface area contributed by atoms with Gasteiger partial charge in [-0.3, -0.25) is 14.2 Å². The zero-order valence-electron chi connectivity index (χ0n) is 10.9. The number of sulfone groups is 1. The van der Waals surface area contributed by atoms with E-state index in [0.29, 0.717) is 17.7 Å². The van der Waals surface area contributed by atoms with E-state index in [4.69, 9.17) is 0 Å². The fourth-order valence-corrected chi connectivity index (χ4v) is 4.13. The highest BCUT2D eigenvalue weighted by Gasteiger charge is 2.30. The second-order valence-corrected chi connectivity index (χ2v) is 7.22. The monoisotopic (exact) mass is 294 g/mol. The van der Waals surface area contributed by atoms with Gasteiger partial charge < -0.3 is 0 Å². The summed E-state index contributed by atoms with van der Waals surface area (Å²) in [6.07, 6.45) is 6.28. The maximum absolute atomic E-state index is 11.5. The molecule has 0 amide bonds. The Bertz CT molecular complexity index is 760. The summed E-state index contributed by atoms with van der Waals surface area (Å²) in [4.78, 5) is 11.2. The minimum Gasteiger partial charge on any atom is -0.298 e. The van der Waals surface area contributed by atoms with Crippen molar-refractivity contribution in [2.75, 3.05) is 11.5 Å². The van der Waals surface area contributed by atoms with Gasteiger partial charge in [0.1, 0.15) is 5.69 Å². The van der Waals surface area contributed by atoms with Crippen LogP contribution >= 0.6 is 0 Å². The Balaban J connectivity index is 1.99. The van der Waals surface area contributed by atoms with Gasteiger partial charge in [0.05, 0.1) is 29.3 Å². The van der Waals surface area contributed by atoms with Gasteiger partial charge in [-0.05, 0) is 6.42 Å². The van der Waals surface area contributed by atoms with Crippen molar-refractivity contribution >= 4 is 16.1 Å². The molecule has 1 atom stereocenters. The lowest BCUT2D eigenvalue weighted by atomic mass is 10.2. The molecule has 8 heteroatoms. The number of aldehydes is 1. The summed E-state index contributed by atoms with van der Waals surface area (Å²) in [5.41, 5.74) is 1.73. The fraction of sp³-hybridized carbons (Fsp3) is 0.417. The van der Waals surface area contributed by atoms with Gasteiger partial charge in [-0.25, -0.2) is 8.42 Å². The van der Waals surface area contributed by atoms with Crippen molar-refractivity contribution in [3.05, 3.63) is 24.2 Å². The zero-order valence-corrected chi connectivity index (χ0v) is 11.7. The molecule has 0 aliphatic carbocycles. The van der Waals surface area contributed by atoms with Crippen LogP contribution in [0.25, 0.3) is 11.3 Å². The van der Waals surface area contributed by atoms with Gasteiger partial charge >= 0.3 is 0 Å². The van der Waals surface area contributed by atoms with Crippen molar-refractivity contribution in [2.45, 2.75) is 12.5 Å². The van der Waals surface area contributed by atoms with Crippen molar-refractivity contribution < 1.29 is 13.2 Å². The van der Waals surface area contributed by atoms with Crippen LogP contribution in [-0.2, 0) is 16.9 Å². The van der Waals surface area contributed by atoms with E-state index >= 15 is 0 Å². The first kappa shape index (κ1) is 13.0. The van der Waals surface area contributed by atoms with Crippen molar-refractivity contribution in [3.63, 3.8) is 0 Å². The smallest absolute Gasteiger partial charge is 0.153 e. The minimum absolute atomic E-state index is 0.0828. The number of hydrogen-bond acceptors (Lipinski definition) is 5. The third-order valence-corrected chi connectivity index (χ3v) is 5.20. The number of carbonyl (C=O) groups is 1. The standard InChI is InChI=1S/C12H14N4O3S/c1-15-5-9(4-13-15)12-10(7-17)6-16(14-12)11-2-3-20(18,19)8-11/h4-7,11H,2-3,8H2,1H3. The van der Waals surface area contributed by atoms with Gasteiger partial charge in [-0.15, -0.1) is 0 Å². The zero-order chi connectivity index (χ0) is 14.3. The Labute approximate surface area is 116 Å². The van der Waals surface area contributed by atoms with Crippen LogP contribution in [0.3, 0.4) is 0 Å². The van der Waals surface area contributed by atoms with Crippen molar-refractivity contribution in [1.82, 2.24) is 19.6 Å². The molecule has 3 heterocycles. The first-order chi connectivity index (χ1) is 9.48. The van der Waals surface area contributed by atoms with E-state index < -0.39 is 9.84 Å². The minimum atomic E-state index is -2.98. The molecule has 1 aliphatic heterocycles. The Hall–Kier alpha value is -1.96.